The second-order valence-electron chi connectivity index (χ2n) is 12.7. The largest absolute Gasteiger partial charge is 0.454 e. The molecule has 3 atom stereocenters. The average Bonchev–Trinajstić information content (AvgIpc) is 3.05. The number of rotatable bonds is 10. The maximum absolute atomic E-state index is 11.2. The fourth-order valence-corrected chi connectivity index (χ4v) is 115. The van der Waals surface area contributed by atoms with Gasteiger partial charge in [0, 0.05) is 29.4 Å². The van der Waals surface area contributed by atoms with Gasteiger partial charge in [0.1, 0.15) is 0 Å². The average molecular weight is 735 g/mol. The molecule has 0 amide bonds. The van der Waals surface area contributed by atoms with Crippen LogP contribution in [0.2, 0.25) is 64.5 Å². The first-order valence-corrected chi connectivity index (χ1v) is 29.8. The Morgan fingerprint density at radius 3 is 1.84 bits per heavy atom. The van der Waals surface area contributed by atoms with Gasteiger partial charge in [0.2, 0.25) is 6.79 Å². The van der Waals surface area contributed by atoms with Crippen molar-refractivity contribution in [2.24, 2.45) is 5.92 Å². The third-order valence-corrected chi connectivity index (χ3v) is 83.4. The van der Waals surface area contributed by atoms with Crippen LogP contribution in [0.4, 0.5) is 0 Å². The summed E-state index contributed by atoms with van der Waals surface area (Å²) in [5.74, 6) is 2.30. The number of hydrogen-bond acceptors (Lipinski definition) is 3. The molecule has 0 radical (unpaired) electrons. The normalized spacial score (nSPS) is 18.1. The van der Waals surface area contributed by atoms with Crippen LogP contribution < -0.4 is 9.47 Å². The molecule has 1 N–H and O–H groups in total. The summed E-state index contributed by atoms with van der Waals surface area (Å²) in [7, 11) is -4.40. The van der Waals surface area contributed by atoms with Crippen LogP contribution in [0.3, 0.4) is 0 Å². The number of aliphatic hydroxyl groups excluding tert-OH is 1. The van der Waals surface area contributed by atoms with Crippen molar-refractivity contribution in [3.63, 3.8) is 0 Å². The fraction of sp³-hybridized carbons (Fsp3) is 0.739. The Hall–Kier alpha value is 1.11. The predicted octanol–water partition coefficient (Wildman–Crippen LogP) is 7.61. The van der Waals surface area contributed by atoms with E-state index >= 15 is 0 Å². The molecule has 1 heterocycles. The van der Waals surface area contributed by atoms with Crippen molar-refractivity contribution in [2.45, 2.75) is 92.3 Å². The van der Waals surface area contributed by atoms with Gasteiger partial charge in [-0.1, -0.05) is 117 Å². The highest BCUT2D eigenvalue weighted by Crippen LogP contribution is 2.51. The lowest BCUT2D eigenvalue weighted by Crippen LogP contribution is -2.85. The summed E-state index contributed by atoms with van der Waals surface area (Å²) in [4.78, 5) is 0. The summed E-state index contributed by atoms with van der Waals surface area (Å²) in [6, 6.07) is 6.48. The van der Waals surface area contributed by atoms with Gasteiger partial charge in [0.05, 0.1) is 8.04 Å². The zero-order chi connectivity index (χ0) is 24.7. The van der Waals surface area contributed by atoms with Crippen molar-refractivity contribution in [3.8, 4) is 11.5 Å². The lowest BCUT2D eigenvalue weighted by atomic mass is 9.94. The summed E-state index contributed by atoms with van der Waals surface area (Å²) in [5, 5.41) is 11.2. The van der Waals surface area contributed by atoms with Crippen molar-refractivity contribution in [1.82, 2.24) is 0 Å². The number of halogens is 2. The first-order valence-electron chi connectivity index (χ1n) is 11.8. The highest BCUT2D eigenvalue weighted by Gasteiger charge is 2.65. The minimum absolute atomic E-state index is 0.240. The van der Waals surface area contributed by atoms with Crippen molar-refractivity contribution in [2.75, 3.05) is 6.79 Å². The van der Waals surface area contributed by atoms with E-state index in [9.17, 15) is 5.11 Å². The SMILES string of the molecule is C[C@H](Cc1ccc2c(c1)OCO2)[C@@H](C[C@H](O)C(I)I)[Si]([Si](C)(C)C)([Si](C)(C)C)[Si](C)(C)C. The van der Waals surface area contributed by atoms with Crippen molar-refractivity contribution < 1.29 is 14.6 Å². The number of hydrogen-bond donors (Lipinski definition) is 1. The highest BCUT2D eigenvalue weighted by molar-refractivity contribution is 14.2. The molecule has 0 saturated heterocycles. The van der Waals surface area contributed by atoms with E-state index < -0.39 is 29.4 Å². The summed E-state index contributed by atoms with van der Waals surface area (Å²) in [6.45, 7) is 25.2. The fourth-order valence-electron chi connectivity index (χ4n) is 7.82. The second-order valence-corrected chi connectivity index (χ2v) is 58.7. The predicted molar refractivity (Wildman–Crippen MR) is 167 cm³/mol. The number of fused-ring (bicyclic) bond motifs is 1. The van der Waals surface area contributed by atoms with Crippen molar-refractivity contribution in [1.29, 1.82) is 0 Å². The van der Waals surface area contributed by atoms with Crippen LogP contribution in [0.5, 0.6) is 11.5 Å². The second kappa shape index (κ2) is 10.6. The number of benzene rings is 1. The van der Waals surface area contributed by atoms with Crippen LogP contribution >= 0.6 is 45.2 Å². The minimum Gasteiger partial charge on any atom is -0.454 e. The van der Waals surface area contributed by atoms with E-state index in [0.717, 1.165) is 24.3 Å². The molecular weight excluding hydrogens is 690 g/mol. The van der Waals surface area contributed by atoms with E-state index in [0.29, 0.717) is 18.3 Å². The van der Waals surface area contributed by atoms with Crippen LogP contribution in [-0.4, -0.2) is 49.3 Å². The molecule has 184 valence electrons. The van der Waals surface area contributed by atoms with Crippen molar-refractivity contribution >= 4 is 74.6 Å². The summed E-state index contributed by atoms with van der Waals surface area (Å²) < 4.78 is 11.5. The monoisotopic (exact) mass is 734 g/mol. The molecule has 0 aliphatic carbocycles. The zero-order valence-electron chi connectivity index (χ0n) is 21.7. The van der Waals surface area contributed by atoms with Gasteiger partial charge in [0.15, 0.2) is 11.5 Å². The van der Waals surface area contributed by atoms with Gasteiger partial charge in [-0.3, -0.25) is 0 Å². The molecule has 1 aromatic carbocycles. The Morgan fingerprint density at radius 2 is 1.38 bits per heavy atom. The van der Waals surface area contributed by atoms with Gasteiger partial charge < -0.3 is 14.6 Å². The third kappa shape index (κ3) is 5.90. The van der Waals surface area contributed by atoms with Crippen LogP contribution in [0.25, 0.3) is 0 Å². The maximum Gasteiger partial charge on any atom is 0.231 e. The Labute approximate surface area is 227 Å². The molecule has 1 aliphatic heterocycles. The molecule has 0 bridgehead atoms. The lowest BCUT2D eigenvalue weighted by molar-refractivity contribution is 0.173. The van der Waals surface area contributed by atoms with E-state index in [1.54, 1.807) is 0 Å². The molecular formula is C23H44I2O3Si4. The molecule has 2 rings (SSSR count). The van der Waals surface area contributed by atoms with E-state index in [1.807, 2.05) is 0 Å². The summed E-state index contributed by atoms with van der Waals surface area (Å²) >= 11 is 4.83. The standard InChI is InChI=1S/C23H44I2O3Si4/c1-17(13-18-11-12-20-21(14-18)28-16-27-20)22(15-19(26)23(24)25)32(29(2,3)4,30(5,6)7)31(8,9)10/h11-12,14,17,19,22-23,26H,13,15-16H2,1-10H3/t17-,19+,22-/m1/s1. The van der Waals surface area contributed by atoms with Crippen LogP contribution in [-0.2, 0) is 6.42 Å². The van der Waals surface area contributed by atoms with Gasteiger partial charge in [-0.15, -0.1) is 0 Å². The Balaban J connectivity index is 2.60. The van der Waals surface area contributed by atoms with E-state index in [1.165, 1.54) is 5.56 Å². The number of aliphatic hydroxyl groups is 1. The lowest BCUT2D eigenvalue weighted by Gasteiger charge is -2.63. The first-order chi connectivity index (χ1) is 14.4. The molecule has 32 heavy (non-hydrogen) atoms. The molecule has 1 aromatic rings. The van der Waals surface area contributed by atoms with Gasteiger partial charge in [-0.2, -0.15) is 0 Å². The van der Waals surface area contributed by atoms with Crippen LogP contribution in [0.1, 0.15) is 18.9 Å². The molecule has 0 fully saturated rings. The van der Waals surface area contributed by atoms with Gasteiger partial charge >= 0.3 is 0 Å². The summed E-state index contributed by atoms with van der Waals surface area (Å²) in [6.07, 6.45) is 1.78. The smallest absolute Gasteiger partial charge is 0.231 e. The Morgan fingerprint density at radius 1 is 0.875 bits per heavy atom. The highest BCUT2D eigenvalue weighted by atomic mass is 127. The molecule has 0 spiro atoms. The minimum atomic E-state index is -1.68. The molecule has 0 saturated carbocycles. The Kier molecular flexibility index (Phi) is 9.73. The number of ether oxygens (including phenoxy) is 2. The van der Waals surface area contributed by atoms with Gasteiger partial charge in [0.25, 0.3) is 0 Å². The third-order valence-electron chi connectivity index (χ3n) is 7.57. The first kappa shape index (κ1) is 29.3. The van der Waals surface area contributed by atoms with Gasteiger partial charge in [-0.25, -0.2) is 0 Å². The maximum atomic E-state index is 11.2. The topological polar surface area (TPSA) is 38.7 Å². The molecule has 3 nitrogen and oxygen atoms in total. The van der Waals surface area contributed by atoms with Crippen LogP contribution in [0, 0.1) is 5.92 Å². The molecule has 9 heteroatoms. The van der Waals surface area contributed by atoms with E-state index in [2.05, 4.69) is 129 Å². The number of alkyl halides is 2. The van der Waals surface area contributed by atoms with E-state index in [-0.39, 0.29) is 8.04 Å². The van der Waals surface area contributed by atoms with E-state index in [4.69, 9.17) is 9.47 Å². The van der Waals surface area contributed by atoms with Crippen molar-refractivity contribution in [3.05, 3.63) is 23.8 Å². The quantitative estimate of drug-likeness (QED) is 0.153. The van der Waals surface area contributed by atoms with Crippen LogP contribution in [0.15, 0.2) is 18.2 Å². The molecule has 0 unspecified atom stereocenters. The van der Waals surface area contributed by atoms with Gasteiger partial charge in [-0.05, 0) is 42.0 Å². The summed E-state index contributed by atoms with van der Waals surface area (Å²) in [5.41, 5.74) is 1.99. The molecule has 1 aliphatic rings. The Bertz CT molecular complexity index is 749. The molecule has 0 aromatic heterocycles. The zero-order valence-corrected chi connectivity index (χ0v) is 30.0.